The van der Waals surface area contributed by atoms with Gasteiger partial charge >= 0.3 is 0 Å². The highest BCUT2D eigenvalue weighted by Crippen LogP contribution is 2.44. The maximum Gasteiger partial charge on any atom is 0.231 e. The van der Waals surface area contributed by atoms with Gasteiger partial charge < -0.3 is 42.9 Å². The van der Waals surface area contributed by atoms with Crippen molar-refractivity contribution in [1.82, 2.24) is 0 Å². The zero-order chi connectivity index (χ0) is 28.8. The number of nitrogens with zero attached hydrogens (tertiary/aromatic N) is 1. The molecule has 3 heterocycles. The third kappa shape index (κ3) is 5.62. The predicted octanol–water partition coefficient (Wildman–Crippen LogP) is 5.39. The average molecular weight is 815 g/mol. The van der Waals surface area contributed by atoms with Crippen LogP contribution in [0.4, 0.5) is 0 Å². The molecule has 5 nitrogen and oxygen atoms in total. The van der Waals surface area contributed by atoms with Crippen LogP contribution in [0.3, 0.4) is 0 Å². The molecule has 0 N–H and O–H groups in total. The number of aromatic nitrogens is 1. The van der Waals surface area contributed by atoms with Crippen LogP contribution in [0, 0.1) is 0 Å². The molecule has 0 amide bonds. The number of pyridine rings is 1. The molecule has 0 spiro atoms. The molecule has 7 rings (SSSR count). The van der Waals surface area contributed by atoms with E-state index in [9.17, 15) is 0 Å². The number of hydrogen-bond acceptors (Lipinski definition) is 4. The van der Waals surface area contributed by atoms with Crippen molar-refractivity contribution in [2.75, 3.05) is 21.0 Å². The normalized spacial score (nSPS) is 13.0. The van der Waals surface area contributed by atoms with E-state index in [4.69, 9.17) is 18.9 Å². The fraction of sp³-hybridized carbons (Fsp3) is 0.229. The van der Waals surface area contributed by atoms with Crippen molar-refractivity contribution in [2.45, 2.75) is 31.7 Å². The van der Waals surface area contributed by atoms with Gasteiger partial charge in [-0.2, -0.15) is 4.57 Å². The lowest BCUT2D eigenvalue weighted by atomic mass is 9.83. The molecular weight excluding hydrogens is 785 g/mol. The van der Waals surface area contributed by atoms with Crippen molar-refractivity contribution in [2.24, 2.45) is 0 Å². The van der Waals surface area contributed by atoms with Crippen LogP contribution in [0.5, 0.6) is 23.0 Å². The maximum atomic E-state index is 5.93. The number of fused-ring (bicyclic) bond motifs is 5. The summed E-state index contributed by atoms with van der Waals surface area (Å²) in [6, 6.07) is 26.0. The summed E-state index contributed by atoms with van der Waals surface area (Å²) < 4.78 is 27.7. The van der Waals surface area contributed by atoms with Gasteiger partial charge in [0.05, 0.1) is 25.2 Å². The average Bonchev–Trinajstić information content (AvgIpc) is 3.48. The van der Waals surface area contributed by atoms with Crippen LogP contribution >= 0.6 is 31.9 Å². The van der Waals surface area contributed by atoms with Gasteiger partial charge in [0.25, 0.3) is 0 Å². The summed E-state index contributed by atoms with van der Waals surface area (Å²) in [7, 11) is 3.41. The molecule has 8 heteroatoms. The molecule has 0 bridgehead atoms. The van der Waals surface area contributed by atoms with Crippen LogP contribution in [-0.2, 0) is 19.4 Å². The molecule has 2 aliphatic heterocycles. The third-order valence-corrected chi connectivity index (χ3v) is 9.53. The van der Waals surface area contributed by atoms with Crippen molar-refractivity contribution in [3.8, 4) is 34.3 Å². The van der Waals surface area contributed by atoms with E-state index in [1.54, 1.807) is 14.2 Å². The lowest BCUT2D eigenvalue weighted by Crippen LogP contribution is -3.00. The zero-order valence-corrected chi connectivity index (χ0v) is 29.2. The standard InChI is InChI=1S/C35H30Br2NO4.HI/c1-39-31-14-13-27-28(12-11-26(21-3-7-24(36)8-4-21)22-5-9-25(37)10-6-22)34-29-18-33-32(41-20-42-33)17-23(29)15-16-38(34)19-30(27)35(31)40-2;/h3-10,13-14,17-19,26H,11-12,15-16,20H2,1-2H3;1H/q+1;/p-1. The van der Waals surface area contributed by atoms with Gasteiger partial charge in [0.2, 0.25) is 12.5 Å². The lowest BCUT2D eigenvalue weighted by molar-refractivity contribution is -0.686. The van der Waals surface area contributed by atoms with Crippen molar-refractivity contribution in [3.63, 3.8) is 0 Å². The van der Waals surface area contributed by atoms with Gasteiger partial charge in [0.15, 0.2) is 35.7 Å². The minimum Gasteiger partial charge on any atom is -1.00 e. The number of hydrogen-bond donors (Lipinski definition) is 0. The first-order valence-electron chi connectivity index (χ1n) is 14.1. The Kier molecular flexibility index (Phi) is 8.89. The number of rotatable bonds is 7. The van der Waals surface area contributed by atoms with Gasteiger partial charge in [-0.3, -0.25) is 0 Å². The Morgan fingerprint density at radius 2 is 1.47 bits per heavy atom. The summed E-state index contributed by atoms with van der Waals surface area (Å²) in [4.78, 5) is 0. The summed E-state index contributed by atoms with van der Waals surface area (Å²) in [6.45, 7) is 1.13. The summed E-state index contributed by atoms with van der Waals surface area (Å²) in [5.41, 5.74) is 7.63. The van der Waals surface area contributed by atoms with E-state index < -0.39 is 0 Å². The quantitative estimate of drug-likeness (QED) is 0.164. The third-order valence-electron chi connectivity index (χ3n) is 8.47. The second-order valence-electron chi connectivity index (χ2n) is 10.7. The Morgan fingerprint density at radius 3 is 2.09 bits per heavy atom. The molecule has 0 fully saturated rings. The highest BCUT2D eigenvalue weighted by Gasteiger charge is 2.32. The number of methoxy groups -OCH3 is 2. The Labute approximate surface area is 285 Å². The largest absolute Gasteiger partial charge is 1.00 e. The smallest absolute Gasteiger partial charge is 0.231 e. The van der Waals surface area contributed by atoms with Crippen LogP contribution in [0.15, 0.2) is 87.9 Å². The molecule has 0 unspecified atom stereocenters. The molecule has 5 aromatic rings. The van der Waals surface area contributed by atoms with Gasteiger partial charge in [0.1, 0.15) is 0 Å². The van der Waals surface area contributed by atoms with E-state index in [1.165, 1.54) is 38.9 Å². The second-order valence-corrected chi connectivity index (χ2v) is 12.6. The van der Waals surface area contributed by atoms with Crippen molar-refractivity contribution >= 4 is 42.6 Å². The number of benzene rings is 4. The summed E-state index contributed by atoms with van der Waals surface area (Å²) in [5.74, 6) is 3.37. The summed E-state index contributed by atoms with van der Waals surface area (Å²) in [5, 5.41) is 2.23. The number of aryl methyl sites for hydroxylation is 3. The minimum absolute atomic E-state index is 0. The first-order valence-corrected chi connectivity index (χ1v) is 15.7. The molecule has 0 aliphatic carbocycles. The van der Waals surface area contributed by atoms with E-state index >= 15 is 0 Å². The zero-order valence-electron chi connectivity index (χ0n) is 23.8. The van der Waals surface area contributed by atoms with E-state index in [1.807, 2.05) is 6.07 Å². The van der Waals surface area contributed by atoms with Gasteiger partial charge in [-0.1, -0.05) is 56.1 Å². The Balaban J connectivity index is 0.00000329. The second kappa shape index (κ2) is 12.7. The van der Waals surface area contributed by atoms with E-state index in [2.05, 4.69) is 109 Å². The SMILES string of the molecule is COc1ccc2c(CCC(c3ccc(Br)cc3)c3ccc(Br)cc3)c3[n+](cc2c1OC)CCc1cc2c(cc1-3)OCO2.[I-]. The topological polar surface area (TPSA) is 40.8 Å². The van der Waals surface area contributed by atoms with Crippen molar-refractivity contribution in [3.05, 3.63) is 110 Å². The van der Waals surface area contributed by atoms with Crippen LogP contribution in [-0.4, -0.2) is 21.0 Å². The minimum atomic E-state index is 0. The number of ether oxygens (including phenoxy) is 4. The van der Waals surface area contributed by atoms with Gasteiger partial charge in [-0.05, 0) is 78.1 Å². The molecule has 43 heavy (non-hydrogen) atoms. The Bertz CT molecular complexity index is 1760. The highest BCUT2D eigenvalue weighted by molar-refractivity contribution is 9.10. The highest BCUT2D eigenvalue weighted by atomic mass is 127. The van der Waals surface area contributed by atoms with Gasteiger partial charge in [-0.15, -0.1) is 0 Å². The van der Waals surface area contributed by atoms with Crippen molar-refractivity contribution in [1.29, 1.82) is 0 Å². The van der Waals surface area contributed by atoms with Crippen LogP contribution < -0.4 is 47.5 Å². The molecule has 0 radical (unpaired) electrons. The molecule has 0 atom stereocenters. The molecule has 0 saturated heterocycles. The van der Waals surface area contributed by atoms with Gasteiger partial charge in [-0.25, -0.2) is 0 Å². The Morgan fingerprint density at radius 1 is 0.814 bits per heavy atom. The number of halogens is 3. The fourth-order valence-corrected chi connectivity index (χ4v) is 7.00. The van der Waals surface area contributed by atoms with E-state index in [0.717, 1.165) is 63.1 Å². The molecule has 220 valence electrons. The lowest BCUT2D eigenvalue weighted by Gasteiger charge is -2.23. The van der Waals surface area contributed by atoms with Crippen molar-refractivity contribution < 1.29 is 47.5 Å². The summed E-state index contributed by atoms with van der Waals surface area (Å²) >= 11 is 7.23. The fourth-order valence-electron chi connectivity index (χ4n) is 6.47. The maximum absolute atomic E-state index is 5.93. The first kappa shape index (κ1) is 30.2. The first-order chi connectivity index (χ1) is 20.5. The summed E-state index contributed by atoms with van der Waals surface area (Å²) in [6.07, 6.45) is 4.95. The molecule has 2 aliphatic rings. The van der Waals surface area contributed by atoms with E-state index in [0.29, 0.717) is 0 Å². The Hall–Kier alpha value is -2.82. The van der Waals surface area contributed by atoms with Gasteiger partial charge in [0, 0.05) is 32.2 Å². The van der Waals surface area contributed by atoms with Crippen LogP contribution in [0.1, 0.15) is 34.6 Å². The molecule has 0 saturated carbocycles. The monoisotopic (exact) mass is 813 g/mol. The molecular formula is C35H30Br2INO4. The van der Waals surface area contributed by atoms with Crippen LogP contribution in [0.25, 0.3) is 22.0 Å². The predicted molar refractivity (Wildman–Crippen MR) is 171 cm³/mol. The molecule has 4 aromatic carbocycles. The molecule has 1 aromatic heterocycles. The van der Waals surface area contributed by atoms with Crippen LogP contribution in [0.2, 0.25) is 0 Å². The van der Waals surface area contributed by atoms with E-state index in [-0.39, 0.29) is 36.7 Å².